The van der Waals surface area contributed by atoms with Gasteiger partial charge in [-0.2, -0.15) is 0 Å². The Bertz CT molecular complexity index is 939. The maximum atomic E-state index is 12.4. The van der Waals surface area contributed by atoms with Gasteiger partial charge in [0.15, 0.2) is 0 Å². The number of furan rings is 1. The second-order valence-corrected chi connectivity index (χ2v) is 7.17. The number of carbonyl (C=O) groups is 1. The van der Waals surface area contributed by atoms with Gasteiger partial charge in [-0.15, -0.1) is 11.3 Å². The molecule has 0 amide bonds. The van der Waals surface area contributed by atoms with E-state index in [1.54, 1.807) is 17.5 Å². The summed E-state index contributed by atoms with van der Waals surface area (Å²) in [5.41, 5.74) is -0.0184. The number of thiophene rings is 1. The van der Waals surface area contributed by atoms with Crippen molar-refractivity contribution in [3.05, 3.63) is 53.3 Å². The fraction of sp³-hybridized carbons (Fsp3) is 0.0714. The Morgan fingerprint density at radius 2 is 2.09 bits per heavy atom. The average molecular weight is 337 g/mol. The largest absolute Gasteiger partial charge is 0.478 e. The molecule has 114 valence electrons. The van der Waals surface area contributed by atoms with Crippen LogP contribution in [0.5, 0.6) is 0 Å². The van der Waals surface area contributed by atoms with Gasteiger partial charge in [0.25, 0.3) is 0 Å². The van der Waals surface area contributed by atoms with Crippen molar-refractivity contribution in [3.63, 3.8) is 0 Å². The molecule has 0 atom stereocenters. The van der Waals surface area contributed by atoms with E-state index in [0.717, 1.165) is 11.0 Å². The highest BCUT2D eigenvalue weighted by molar-refractivity contribution is 7.89. The second-order valence-electron chi connectivity index (χ2n) is 4.53. The summed E-state index contributed by atoms with van der Waals surface area (Å²) in [5, 5.41) is 11.0. The normalized spacial score (nSPS) is 11.8. The summed E-state index contributed by atoms with van der Waals surface area (Å²) in [5.74, 6) is -0.887. The van der Waals surface area contributed by atoms with E-state index in [1.807, 2.05) is 12.1 Å². The zero-order valence-electron chi connectivity index (χ0n) is 11.1. The minimum atomic E-state index is -3.70. The Morgan fingerprint density at radius 1 is 1.32 bits per heavy atom. The van der Waals surface area contributed by atoms with Crippen molar-refractivity contribution in [2.24, 2.45) is 0 Å². The number of aromatic carboxylic acids is 1. The van der Waals surface area contributed by atoms with Crippen LogP contribution in [0.4, 0.5) is 0 Å². The third kappa shape index (κ3) is 2.76. The lowest BCUT2D eigenvalue weighted by molar-refractivity contribution is 0.0696. The van der Waals surface area contributed by atoms with E-state index in [-0.39, 0.29) is 22.8 Å². The van der Waals surface area contributed by atoms with Crippen molar-refractivity contribution in [1.82, 2.24) is 4.72 Å². The number of hydrogen-bond donors (Lipinski definition) is 2. The van der Waals surface area contributed by atoms with Crippen LogP contribution in [-0.2, 0) is 16.6 Å². The van der Waals surface area contributed by atoms with E-state index in [9.17, 15) is 13.2 Å². The first-order chi connectivity index (χ1) is 10.5. The van der Waals surface area contributed by atoms with Gasteiger partial charge < -0.3 is 9.52 Å². The quantitative estimate of drug-likeness (QED) is 0.746. The molecule has 2 heterocycles. The molecule has 2 N–H and O–H groups in total. The minimum absolute atomic E-state index is 0.0184. The van der Waals surface area contributed by atoms with E-state index in [2.05, 4.69) is 4.72 Å². The summed E-state index contributed by atoms with van der Waals surface area (Å²) in [7, 11) is -3.70. The lowest BCUT2D eigenvalue weighted by Crippen LogP contribution is -2.22. The molecule has 0 bridgehead atoms. The lowest BCUT2D eigenvalue weighted by atomic mass is 10.3. The molecule has 6 nitrogen and oxygen atoms in total. The molecular weight excluding hydrogens is 326 g/mol. The summed E-state index contributed by atoms with van der Waals surface area (Å²) in [6.07, 6.45) is 1.08. The average Bonchev–Trinajstić information content (AvgIpc) is 3.12. The van der Waals surface area contributed by atoms with Gasteiger partial charge in [-0.1, -0.05) is 18.2 Å². The van der Waals surface area contributed by atoms with Gasteiger partial charge in [0.1, 0.15) is 16.9 Å². The zero-order valence-corrected chi connectivity index (χ0v) is 12.8. The smallest absolute Gasteiger partial charge is 0.338 e. The van der Waals surface area contributed by atoms with Gasteiger partial charge in [0, 0.05) is 15.5 Å². The molecule has 0 aliphatic heterocycles. The van der Waals surface area contributed by atoms with Gasteiger partial charge in [-0.25, -0.2) is 17.9 Å². The summed E-state index contributed by atoms with van der Waals surface area (Å²) in [4.78, 5) is 11.0. The first-order valence-corrected chi connectivity index (χ1v) is 8.60. The first-order valence-electron chi connectivity index (χ1n) is 6.24. The maximum Gasteiger partial charge on any atom is 0.338 e. The Balaban J connectivity index is 1.82. The van der Waals surface area contributed by atoms with Gasteiger partial charge in [0.2, 0.25) is 10.0 Å². The second kappa shape index (κ2) is 5.56. The molecule has 0 saturated carbocycles. The van der Waals surface area contributed by atoms with Gasteiger partial charge in [0.05, 0.1) is 12.1 Å². The van der Waals surface area contributed by atoms with Gasteiger partial charge >= 0.3 is 5.97 Å². The molecule has 3 rings (SSSR count). The lowest BCUT2D eigenvalue weighted by Gasteiger charge is -2.04. The van der Waals surface area contributed by atoms with Crippen LogP contribution in [0.3, 0.4) is 0 Å². The van der Waals surface area contributed by atoms with Crippen LogP contribution in [0.1, 0.15) is 16.1 Å². The van der Waals surface area contributed by atoms with E-state index in [1.165, 1.54) is 17.4 Å². The Labute approximate surface area is 130 Å². The van der Waals surface area contributed by atoms with Crippen LogP contribution in [-0.4, -0.2) is 19.5 Å². The van der Waals surface area contributed by atoms with Gasteiger partial charge in [-0.3, -0.25) is 0 Å². The van der Waals surface area contributed by atoms with Crippen LogP contribution >= 0.6 is 11.3 Å². The van der Waals surface area contributed by atoms with Crippen LogP contribution in [0.15, 0.2) is 51.3 Å². The van der Waals surface area contributed by atoms with Crippen LogP contribution in [0, 0.1) is 0 Å². The van der Waals surface area contributed by atoms with E-state index >= 15 is 0 Å². The summed E-state index contributed by atoms with van der Waals surface area (Å²) in [6, 6.07) is 8.51. The van der Waals surface area contributed by atoms with E-state index < -0.39 is 16.0 Å². The number of carboxylic acids is 1. The highest BCUT2D eigenvalue weighted by Crippen LogP contribution is 2.29. The van der Waals surface area contributed by atoms with Crippen molar-refractivity contribution in [1.29, 1.82) is 0 Å². The first kappa shape index (κ1) is 14.8. The third-order valence-corrected chi connectivity index (χ3v) is 5.63. The zero-order chi connectivity index (χ0) is 15.7. The molecule has 8 heteroatoms. The number of carboxylic acid groups (broad SMARTS) is 1. The third-order valence-electron chi connectivity index (χ3n) is 3.07. The molecule has 22 heavy (non-hydrogen) atoms. The molecule has 2 aromatic heterocycles. The van der Waals surface area contributed by atoms with Crippen molar-refractivity contribution in [3.8, 4) is 0 Å². The van der Waals surface area contributed by atoms with Crippen molar-refractivity contribution in [2.75, 3.05) is 0 Å². The highest BCUT2D eigenvalue weighted by Gasteiger charge is 2.19. The fourth-order valence-electron chi connectivity index (χ4n) is 1.99. The summed E-state index contributed by atoms with van der Waals surface area (Å²) in [6.45, 7) is -0.111. The number of benzene rings is 1. The predicted molar refractivity (Wildman–Crippen MR) is 81.5 cm³/mol. The molecule has 0 fully saturated rings. The number of rotatable bonds is 5. The Morgan fingerprint density at radius 3 is 2.82 bits per heavy atom. The van der Waals surface area contributed by atoms with Crippen molar-refractivity contribution in [2.45, 2.75) is 11.4 Å². The summed E-state index contributed by atoms with van der Waals surface area (Å²) < 4.78 is 33.0. The van der Waals surface area contributed by atoms with Crippen LogP contribution in [0.2, 0.25) is 0 Å². The minimum Gasteiger partial charge on any atom is -0.478 e. The number of fused-ring (bicyclic) bond motifs is 1. The van der Waals surface area contributed by atoms with Gasteiger partial charge in [-0.05, 0) is 12.1 Å². The fourth-order valence-corrected chi connectivity index (χ4v) is 4.48. The van der Waals surface area contributed by atoms with Crippen LogP contribution in [0.25, 0.3) is 10.1 Å². The molecule has 1 aromatic carbocycles. The highest BCUT2D eigenvalue weighted by atomic mass is 32.2. The van der Waals surface area contributed by atoms with Crippen molar-refractivity contribution < 1.29 is 22.7 Å². The topological polar surface area (TPSA) is 96.6 Å². The van der Waals surface area contributed by atoms with E-state index in [4.69, 9.17) is 9.52 Å². The molecule has 0 aliphatic carbocycles. The number of nitrogens with one attached hydrogen (secondary N) is 1. The van der Waals surface area contributed by atoms with Crippen LogP contribution < -0.4 is 4.72 Å². The predicted octanol–water partition coefficient (Wildman–Crippen LogP) is 2.67. The Hall–Kier alpha value is -2.16. The SMILES string of the molecule is O=C(O)c1coc(CNS(=O)(=O)c2csc3ccccc23)c1. The standard InChI is InChI=1S/C14H11NO5S2/c16-14(17)9-5-10(20-7-9)6-15-22(18,19)13-8-21-12-4-2-1-3-11(12)13/h1-5,7-8,15H,6H2,(H,16,17). The molecule has 0 aliphatic rings. The van der Waals surface area contributed by atoms with E-state index in [0.29, 0.717) is 5.39 Å². The monoisotopic (exact) mass is 337 g/mol. The molecule has 0 saturated heterocycles. The molecular formula is C14H11NO5S2. The number of sulfonamides is 1. The maximum absolute atomic E-state index is 12.4. The Kier molecular flexibility index (Phi) is 3.73. The summed E-state index contributed by atoms with van der Waals surface area (Å²) >= 11 is 1.35. The molecule has 0 radical (unpaired) electrons. The molecule has 3 aromatic rings. The van der Waals surface area contributed by atoms with Crippen molar-refractivity contribution >= 4 is 37.4 Å². The molecule has 0 unspecified atom stereocenters. The number of hydrogen-bond acceptors (Lipinski definition) is 5. The molecule has 0 spiro atoms.